The first-order valence-corrected chi connectivity index (χ1v) is 10.2. The molecule has 4 aromatic rings. The number of fused-ring (bicyclic) bond motifs is 1. The van der Waals surface area contributed by atoms with Gasteiger partial charge in [0, 0.05) is 11.3 Å². The summed E-state index contributed by atoms with van der Waals surface area (Å²) in [5.41, 5.74) is 5.66. The van der Waals surface area contributed by atoms with Gasteiger partial charge in [-0.25, -0.2) is 4.98 Å². The summed E-state index contributed by atoms with van der Waals surface area (Å²) in [5, 5.41) is 3.31. The third-order valence-electron chi connectivity index (χ3n) is 5.01. The highest BCUT2D eigenvalue weighted by molar-refractivity contribution is 6.34. The van der Waals surface area contributed by atoms with Crippen LogP contribution in [0.5, 0.6) is 0 Å². The Morgan fingerprint density at radius 3 is 2.40 bits per heavy atom. The first-order valence-electron chi connectivity index (χ1n) is 9.80. The number of benzene rings is 3. The largest absolute Gasteiger partial charge is 0.436 e. The second-order valence-corrected chi connectivity index (χ2v) is 8.87. The maximum atomic E-state index is 12.6. The monoisotopic (exact) mass is 418 g/mol. The highest BCUT2D eigenvalue weighted by atomic mass is 35.5. The van der Waals surface area contributed by atoms with E-state index in [1.165, 1.54) is 5.56 Å². The maximum absolute atomic E-state index is 12.6. The van der Waals surface area contributed by atoms with E-state index >= 15 is 0 Å². The van der Waals surface area contributed by atoms with E-state index in [0.29, 0.717) is 33.3 Å². The van der Waals surface area contributed by atoms with Crippen LogP contribution in [0.15, 0.2) is 65.1 Å². The van der Waals surface area contributed by atoms with E-state index in [2.05, 4.69) is 43.2 Å². The minimum absolute atomic E-state index is 0.0906. The van der Waals surface area contributed by atoms with E-state index in [0.717, 1.165) is 11.1 Å². The molecular formula is C25H23ClN2O2. The van der Waals surface area contributed by atoms with Crippen molar-refractivity contribution in [2.24, 2.45) is 0 Å². The molecule has 30 heavy (non-hydrogen) atoms. The van der Waals surface area contributed by atoms with Crippen molar-refractivity contribution in [2.45, 2.75) is 33.1 Å². The second-order valence-electron chi connectivity index (χ2n) is 8.47. The van der Waals surface area contributed by atoms with E-state index in [4.69, 9.17) is 16.0 Å². The molecule has 4 nitrogen and oxygen atoms in total. The van der Waals surface area contributed by atoms with Crippen LogP contribution in [0.2, 0.25) is 5.02 Å². The van der Waals surface area contributed by atoms with Gasteiger partial charge in [-0.05, 0) is 65.9 Å². The van der Waals surface area contributed by atoms with E-state index in [-0.39, 0.29) is 11.3 Å². The number of nitrogens with one attached hydrogen (secondary N) is 1. The van der Waals surface area contributed by atoms with Crippen molar-refractivity contribution in [3.8, 4) is 11.5 Å². The Hall–Kier alpha value is -3.11. The first-order chi connectivity index (χ1) is 14.2. The van der Waals surface area contributed by atoms with Gasteiger partial charge in [-0.2, -0.15) is 0 Å². The zero-order valence-corrected chi connectivity index (χ0v) is 18.2. The molecule has 1 aromatic heterocycles. The standard InChI is InChI=1S/C25H23ClN2O2/c1-15-5-11-19(20(26)13-15)23(29)27-18-10-12-22-21(14-18)28-24(30-22)16-6-8-17(9-7-16)25(2,3)4/h5-14H,1-4H3,(H,27,29). The van der Waals surface area contributed by atoms with Crippen LogP contribution >= 0.6 is 11.6 Å². The summed E-state index contributed by atoms with van der Waals surface area (Å²) in [6.07, 6.45) is 0. The Bertz CT molecular complexity index is 1230. The van der Waals surface area contributed by atoms with Crippen LogP contribution < -0.4 is 5.32 Å². The summed E-state index contributed by atoms with van der Waals surface area (Å²) in [7, 11) is 0. The lowest BCUT2D eigenvalue weighted by molar-refractivity contribution is 0.102. The molecule has 4 rings (SSSR count). The quantitative estimate of drug-likeness (QED) is 0.389. The van der Waals surface area contributed by atoms with Crippen molar-refractivity contribution < 1.29 is 9.21 Å². The molecule has 0 aliphatic rings. The lowest BCUT2D eigenvalue weighted by Gasteiger charge is -2.18. The minimum atomic E-state index is -0.263. The molecule has 0 aliphatic carbocycles. The summed E-state index contributed by atoms with van der Waals surface area (Å²) in [5.74, 6) is 0.288. The van der Waals surface area contributed by atoms with Crippen LogP contribution in [0.3, 0.4) is 0 Å². The number of rotatable bonds is 3. The second kappa shape index (κ2) is 7.62. The predicted octanol–water partition coefficient (Wildman–Crippen LogP) is 7.01. The number of carbonyl (C=O) groups excluding carboxylic acids is 1. The molecule has 0 atom stereocenters. The van der Waals surface area contributed by atoms with Gasteiger partial charge in [0.1, 0.15) is 5.52 Å². The fourth-order valence-electron chi connectivity index (χ4n) is 3.24. The zero-order chi connectivity index (χ0) is 21.5. The Morgan fingerprint density at radius 1 is 1.00 bits per heavy atom. The molecular weight excluding hydrogens is 396 g/mol. The van der Waals surface area contributed by atoms with Crippen LogP contribution in [-0.4, -0.2) is 10.9 Å². The van der Waals surface area contributed by atoms with Gasteiger partial charge in [0.2, 0.25) is 5.89 Å². The number of hydrogen-bond donors (Lipinski definition) is 1. The Kier molecular flexibility index (Phi) is 5.12. The highest BCUT2D eigenvalue weighted by Crippen LogP contribution is 2.29. The summed E-state index contributed by atoms with van der Waals surface area (Å²) in [6.45, 7) is 8.48. The third-order valence-corrected chi connectivity index (χ3v) is 5.33. The van der Waals surface area contributed by atoms with Gasteiger partial charge in [0.05, 0.1) is 10.6 Å². The van der Waals surface area contributed by atoms with Crippen molar-refractivity contribution in [3.63, 3.8) is 0 Å². The molecule has 1 heterocycles. The molecule has 0 saturated carbocycles. The van der Waals surface area contributed by atoms with Crippen LogP contribution in [0.4, 0.5) is 5.69 Å². The Balaban J connectivity index is 1.59. The van der Waals surface area contributed by atoms with Crippen LogP contribution in [0.1, 0.15) is 42.3 Å². The van der Waals surface area contributed by atoms with Gasteiger partial charge < -0.3 is 9.73 Å². The number of amides is 1. The molecule has 0 spiro atoms. The van der Waals surface area contributed by atoms with Gasteiger partial charge in [0.25, 0.3) is 5.91 Å². The smallest absolute Gasteiger partial charge is 0.257 e. The highest BCUT2D eigenvalue weighted by Gasteiger charge is 2.15. The molecule has 3 aromatic carbocycles. The number of aromatic nitrogens is 1. The average Bonchev–Trinajstić information content (AvgIpc) is 3.10. The van der Waals surface area contributed by atoms with Gasteiger partial charge in [0.15, 0.2) is 5.58 Å². The molecule has 0 fully saturated rings. The van der Waals surface area contributed by atoms with Crippen molar-refractivity contribution in [2.75, 3.05) is 5.32 Å². The van der Waals surface area contributed by atoms with Crippen molar-refractivity contribution in [1.82, 2.24) is 4.98 Å². The molecule has 1 N–H and O–H groups in total. The van der Waals surface area contributed by atoms with Crippen molar-refractivity contribution in [3.05, 3.63) is 82.4 Å². The summed E-state index contributed by atoms with van der Waals surface area (Å²) in [4.78, 5) is 17.2. The molecule has 0 radical (unpaired) electrons. The summed E-state index contributed by atoms with van der Waals surface area (Å²) >= 11 is 6.21. The van der Waals surface area contributed by atoms with E-state index in [9.17, 15) is 4.79 Å². The van der Waals surface area contributed by atoms with Gasteiger partial charge in [-0.1, -0.05) is 50.6 Å². The van der Waals surface area contributed by atoms with Crippen molar-refractivity contribution >= 4 is 34.3 Å². The third kappa shape index (κ3) is 4.10. The topological polar surface area (TPSA) is 55.1 Å². The maximum Gasteiger partial charge on any atom is 0.257 e. The molecule has 0 bridgehead atoms. The van der Waals surface area contributed by atoms with E-state index in [1.807, 2.05) is 31.2 Å². The average molecular weight is 419 g/mol. The molecule has 152 valence electrons. The molecule has 0 unspecified atom stereocenters. The number of nitrogens with zero attached hydrogens (tertiary/aromatic N) is 1. The first kappa shape index (κ1) is 20.2. The van der Waals surface area contributed by atoms with E-state index in [1.54, 1.807) is 24.3 Å². The minimum Gasteiger partial charge on any atom is -0.436 e. The van der Waals surface area contributed by atoms with Gasteiger partial charge >= 0.3 is 0 Å². The molecule has 0 aliphatic heterocycles. The number of carbonyl (C=O) groups is 1. The van der Waals surface area contributed by atoms with Crippen LogP contribution in [0.25, 0.3) is 22.6 Å². The number of aryl methyl sites for hydroxylation is 1. The van der Waals surface area contributed by atoms with E-state index < -0.39 is 0 Å². The molecule has 1 amide bonds. The van der Waals surface area contributed by atoms with Gasteiger partial charge in [-0.15, -0.1) is 0 Å². The summed E-state index contributed by atoms with van der Waals surface area (Å²) < 4.78 is 5.91. The number of anilines is 1. The number of oxazole rings is 1. The van der Waals surface area contributed by atoms with Crippen molar-refractivity contribution in [1.29, 1.82) is 0 Å². The predicted molar refractivity (Wildman–Crippen MR) is 122 cm³/mol. The molecule has 0 saturated heterocycles. The zero-order valence-electron chi connectivity index (χ0n) is 17.4. The van der Waals surface area contributed by atoms with Crippen LogP contribution in [-0.2, 0) is 5.41 Å². The van der Waals surface area contributed by atoms with Gasteiger partial charge in [-0.3, -0.25) is 4.79 Å². The van der Waals surface area contributed by atoms with Crippen LogP contribution in [0, 0.1) is 6.92 Å². The SMILES string of the molecule is Cc1ccc(C(=O)Nc2ccc3oc(-c4ccc(C(C)(C)C)cc4)nc3c2)c(Cl)c1. The Morgan fingerprint density at radius 2 is 1.73 bits per heavy atom. The number of hydrogen-bond acceptors (Lipinski definition) is 3. The fourth-order valence-corrected chi connectivity index (χ4v) is 3.57. The lowest BCUT2D eigenvalue weighted by Crippen LogP contribution is -2.12. The lowest BCUT2D eigenvalue weighted by atomic mass is 9.87. The number of halogens is 1. The summed E-state index contributed by atoms with van der Waals surface area (Å²) in [6, 6.07) is 19.0. The fraction of sp³-hybridized carbons (Fsp3) is 0.200. The molecule has 5 heteroatoms. The Labute approximate surface area is 180 Å². The normalized spacial score (nSPS) is 11.6.